The van der Waals surface area contributed by atoms with E-state index >= 15 is 0 Å². The average Bonchev–Trinajstić information content (AvgIpc) is 2.67. The minimum atomic E-state index is -3.80. The van der Waals surface area contributed by atoms with Crippen LogP contribution in [0.1, 0.15) is 12.5 Å². The summed E-state index contributed by atoms with van der Waals surface area (Å²) in [4.78, 5) is 13.0. The van der Waals surface area contributed by atoms with E-state index < -0.39 is 22.0 Å². The monoisotopic (exact) mass is 422 g/mol. The standard InChI is InChI=1S/C20H26N2O6S/c1-13-7-9-19(28-5)17(11-13)22(29(6,24)25)14(2)20(23)21-16-12-15(26-3)8-10-18(16)27-4/h7-12,14H,1-6H3,(H,21,23)/t14-/m1/s1. The SMILES string of the molecule is COc1ccc(OC)c(NC(=O)[C@@H](C)N(c2cc(C)ccc2OC)S(C)(=O)=O)c1. The van der Waals surface area contributed by atoms with E-state index in [0.717, 1.165) is 16.1 Å². The van der Waals surface area contributed by atoms with E-state index in [2.05, 4.69) is 5.32 Å². The van der Waals surface area contributed by atoms with Crippen molar-refractivity contribution in [2.75, 3.05) is 37.2 Å². The second-order valence-corrected chi connectivity index (χ2v) is 8.32. The van der Waals surface area contributed by atoms with Gasteiger partial charge in [0, 0.05) is 6.07 Å². The van der Waals surface area contributed by atoms with Crippen LogP contribution in [0.5, 0.6) is 17.2 Å². The number of amides is 1. The van der Waals surface area contributed by atoms with Crippen molar-refractivity contribution in [2.45, 2.75) is 19.9 Å². The van der Waals surface area contributed by atoms with E-state index in [-0.39, 0.29) is 5.69 Å². The second kappa shape index (κ2) is 9.04. The van der Waals surface area contributed by atoms with Gasteiger partial charge in [0.15, 0.2) is 0 Å². The number of anilines is 2. The van der Waals surface area contributed by atoms with Gasteiger partial charge in [0.2, 0.25) is 15.9 Å². The molecule has 9 heteroatoms. The third-order valence-corrected chi connectivity index (χ3v) is 5.55. The topological polar surface area (TPSA) is 94.2 Å². The molecular weight excluding hydrogens is 396 g/mol. The highest BCUT2D eigenvalue weighted by Gasteiger charge is 2.31. The van der Waals surface area contributed by atoms with Crippen molar-refractivity contribution >= 4 is 27.3 Å². The maximum atomic E-state index is 13.0. The third-order valence-electron chi connectivity index (χ3n) is 4.32. The van der Waals surface area contributed by atoms with Crippen LogP contribution in [0, 0.1) is 6.92 Å². The molecule has 1 atom stereocenters. The number of sulfonamides is 1. The molecule has 1 amide bonds. The summed E-state index contributed by atoms with van der Waals surface area (Å²) < 4.78 is 42.0. The van der Waals surface area contributed by atoms with E-state index in [1.807, 2.05) is 6.92 Å². The average molecular weight is 423 g/mol. The van der Waals surface area contributed by atoms with E-state index in [0.29, 0.717) is 22.9 Å². The molecule has 0 bridgehead atoms. The van der Waals surface area contributed by atoms with Gasteiger partial charge in [0.1, 0.15) is 23.3 Å². The lowest BCUT2D eigenvalue weighted by Crippen LogP contribution is -2.45. The zero-order valence-electron chi connectivity index (χ0n) is 17.3. The van der Waals surface area contributed by atoms with Crippen LogP contribution in [0.4, 0.5) is 11.4 Å². The van der Waals surface area contributed by atoms with E-state index in [1.54, 1.807) is 36.4 Å². The molecule has 0 aliphatic rings. The van der Waals surface area contributed by atoms with Crippen LogP contribution in [-0.4, -0.2) is 48.0 Å². The van der Waals surface area contributed by atoms with Crippen molar-refractivity contribution < 1.29 is 27.4 Å². The molecular formula is C20H26N2O6S. The number of hydrogen-bond donors (Lipinski definition) is 1. The first kappa shape index (κ1) is 22.4. The Kier molecular flexibility index (Phi) is 6.97. The van der Waals surface area contributed by atoms with Gasteiger partial charge in [-0.05, 0) is 43.7 Å². The molecule has 2 aromatic carbocycles. The van der Waals surface area contributed by atoms with Gasteiger partial charge in [0.05, 0.1) is 39.0 Å². The summed E-state index contributed by atoms with van der Waals surface area (Å²) in [5.41, 5.74) is 1.49. The van der Waals surface area contributed by atoms with Crippen LogP contribution in [-0.2, 0) is 14.8 Å². The van der Waals surface area contributed by atoms with E-state index in [9.17, 15) is 13.2 Å². The summed E-state index contributed by atoms with van der Waals surface area (Å²) >= 11 is 0. The summed E-state index contributed by atoms with van der Waals surface area (Å²) in [7, 11) is 0.628. The minimum absolute atomic E-state index is 0.287. The highest BCUT2D eigenvalue weighted by molar-refractivity contribution is 7.92. The number of ether oxygens (including phenoxy) is 3. The molecule has 0 spiro atoms. The Morgan fingerprint density at radius 3 is 2.17 bits per heavy atom. The van der Waals surface area contributed by atoms with Crippen LogP contribution in [0.3, 0.4) is 0 Å². The molecule has 0 saturated heterocycles. The van der Waals surface area contributed by atoms with Crippen LogP contribution < -0.4 is 23.8 Å². The Hall–Kier alpha value is -2.94. The first-order valence-electron chi connectivity index (χ1n) is 8.79. The Balaban J connectivity index is 2.45. The summed E-state index contributed by atoms with van der Waals surface area (Å²) in [6.45, 7) is 3.33. The minimum Gasteiger partial charge on any atom is -0.497 e. The molecule has 1 N–H and O–H groups in total. The predicted octanol–water partition coefficient (Wildman–Crippen LogP) is 2.81. The summed E-state index contributed by atoms with van der Waals surface area (Å²) in [6.07, 6.45) is 1.05. The highest BCUT2D eigenvalue weighted by Crippen LogP contribution is 2.34. The number of nitrogens with one attached hydrogen (secondary N) is 1. The number of hydrogen-bond acceptors (Lipinski definition) is 6. The van der Waals surface area contributed by atoms with Gasteiger partial charge >= 0.3 is 0 Å². The highest BCUT2D eigenvalue weighted by atomic mass is 32.2. The van der Waals surface area contributed by atoms with Gasteiger partial charge in [-0.3, -0.25) is 9.10 Å². The molecule has 158 valence electrons. The van der Waals surface area contributed by atoms with Gasteiger partial charge < -0.3 is 19.5 Å². The molecule has 0 radical (unpaired) electrons. The molecule has 0 saturated carbocycles. The van der Waals surface area contributed by atoms with Crippen molar-refractivity contribution in [1.82, 2.24) is 0 Å². The smallest absolute Gasteiger partial charge is 0.248 e. The number of aryl methyl sites for hydroxylation is 1. The molecule has 0 aliphatic carbocycles. The lowest BCUT2D eigenvalue weighted by Gasteiger charge is -2.29. The van der Waals surface area contributed by atoms with Crippen LogP contribution in [0.15, 0.2) is 36.4 Å². The fraction of sp³-hybridized carbons (Fsp3) is 0.350. The van der Waals surface area contributed by atoms with Gasteiger partial charge in [-0.25, -0.2) is 8.42 Å². The molecule has 2 rings (SSSR count). The molecule has 29 heavy (non-hydrogen) atoms. The molecule has 0 heterocycles. The normalized spacial score (nSPS) is 12.1. The van der Waals surface area contributed by atoms with Crippen molar-refractivity contribution in [1.29, 1.82) is 0 Å². The molecule has 2 aromatic rings. The number of nitrogens with zero attached hydrogens (tertiary/aromatic N) is 1. The maximum absolute atomic E-state index is 13.0. The fourth-order valence-corrected chi connectivity index (χ4v) is 4.07. The van der Waals surface area contributed by atoms with Crippen molar-refractivity contribution in [3.8, 4) is 17.2 Å². The second-order valence-electron chi connectivity index (χ2n) is 6.47. The summed E-state index contributed by atoms with van der Waals surface area (Å²) in [6, 6.07) is 9.01. The van der Waals surface area contributed by atoms with Crippen molar-refractivity contribution in [3.05, 3.63) is 42.0 Å². The zero-order valence-corrected chi connectivity index (χ0v) is 18.2. The molecule has 0 unspecified atom stereocenters. The Labute approximate surface area is 171 Å². The number of carbonyl (C=O) groups is 1. The predicted molar refractivity (Wildman–Crippen MR) is 113 cm³/mol. The van der Waals surface area contributed by atoms with Crippen molar-refractivity contribution in [3.63, 3.8) is 0 Å². The fourth-order valence-electron chi connectivity index (χ4n) is 2.90. The lowest BCUT2D eigenvalue weighted by molar-refractivity contribution is -0.116. The first-order valence-corrected chi connectivity index (χ1v) is 10.6. The molecule has 0 aromatic heterocycles. The third kappa shape index (κ3) is 5.11. The number of rotatable bonds is 8. The van der Waals surface area contributed by atoms with Gasteiger partial charge in [0.25, 0.3) is 0 Å². The van der Waals surface area contributed by atoms with Gasteiger partial charge in [-0.15, -0.1) is 0 Å². The summed E-state index contributed by atoms with van der Waals surface area (Å²) in [5, 5.41) is 2.72. The maximum Gasteiger partial charge on any atom is 0.248 e. The largest absolute Gasteiger partial charge is 0.497 e. The van der Waals surface area contributed by atoms with Gasteiger partial charge in [-0.2, -0.15) is 0 Å². The quantitative estimate of drug-likeness (QED) is 0.703. The van der Waals surface area contributed by atoms with Crippen molar-refractivity contribution in [2.24, 2.45) is 0 Å². The van der Waals surface area contributed by atoms with Gasteiger partial charge in [-0.1, -0.05) is 6.07 Å². The molecule has 8 nitrogen and oxygen atoms in total. The molecule has 0 aliphatic heterocycles. The Bertz CT molecular complexity index is 990. The molecule has 0 fully saturated rings. The van der Waals surface area contributed by atoms with Crippen LogP contribution >= 0.6 is 0 Å². The van der Waals surface area contributed by atoms with E-state index in [4.69, 9.17) is 14.2 Å². The van der Waals surface area contributed by atoms with E-state index in [1.165, 1.54) is 28.3 Å². The Morgan fingerprint density at radius 1 is 1.00 bits per heavy atom. The summed E-state index contributed by atoms with van der Waals surface area (Å²) in [5.74, 6) is 0.754. The van der Waals surface area contributed by atoms with Crippen LogP contribution in [0.25, 0.3) is 0 Å². The first-order chi connectivity index (χ1) is 13.6. The lowest BCUT2D eigenvalue weighted by atomic mass is 10.2. The van der Waals surface area contributed by atoms with Crippen LogP contribution in [0.2, 0.25) is 0 Å². The zero-order chi connectivity index (χ0) is 21.8. The number of methoxy groups -OCH3 is 3. The number of benzene rings is 2. The Morgan fingerprint density at radius 2 is 1.62 bits per heavy atom. The number of carbonyl (C=O) groups excluding carboxylic acids is 1.